The zero-order chi connectivity index (χ0) is 18.6. The monoisotopic (exact) mass is 358 g/mol. The fourth-order valence-electron chi connectivity index (χ4n) is 3.13. The van der Waals surface area contributed by atoms with E-state index >= 15 is 0 Å². The van der Waals surface area contributed by atoms with E-state index < -0.39 is 0 Å². The lowest BCUT2D eigenvalue weighted by molar-refractivity contribution is -0.218. The summed E-state index contributed by atoms with van der Waals surface area (Å²) in [6, 6.07) is 26.8. The average molecular weight is 358 g/mol. The van der Waals surface area contributed by atoms with Crippen LogP contribution in [0.4, 0.5) is 4.39 Å². The van der Waals surface area contributed by atoms with Crippen molar-refractivity contribution in [3.8, 4) is 16.9 Å². The van der Waals surface area contributed by atoms with Crippen LogP contribution in [0.3, 0.4) is 0 Å². The van der Waals surface area contributed by atoms with Crippen LogP contribution in [-0.2, 0) is 11.5 Å². The molecule has 0 aliphatic rings. The van der Waals surface area contributed by atoms with Crippen molar-refractivity contribution in [2.45, 2.75) is 13.5 Å². The summed E-state index contributed by atoms with van der Waals surface area (Å²) in [5.41, 5.74) is 3.26. The molecule has 0 unspecified atom stereocenters. The van der Waals surface area contributed by atoms with Gasteiger partial charge in [0.25, 0.3) is 0 Å². The standard InChI is InChI=1S/C24H19FO2/c1-17-22-10-6-5-9-19(22)13-14-24(17)27-26-16-21-12-11-20(15-23(21)25)18-7-3-2-4-8-18/h2-15H,16H2,1H3. The number of fused-ring (bicyclic) bond motifs is 1. The minimum Gasteiger partial charge on any atom is -0.337 e. The Balaban J connectivity index is 1.46. The summed E-state index contributed by atoms with van der Waals surface area (Å²) in [4.78, 5) is 10.8. The Morgan fingerprint density at radius 3 is 2.37 bits per heavy atom. The first-order chi connectivity index (χ1) is 13.2. The zero-order valence-corrected chi connectivity index (χ0v) is 15.0. The molecule has 0 heterocycles. The number of benzene rings is 4. The van der Waals surface area contributed by atoms with E-state index in [0.717, 1.165) is 27.5 Å². The molecule has 0 aliphatic heterocycles. The summed E-state index contributed by atoms with van der Waals surface area (Å²) in [5.74, 6) is 0.324. The van der Waals surface area contributed by atoms with E-state index in [2.05, 4.69) is 6.07 Å². The Morgan fingerprint density at radius 2 is 1.56 bits per heavy atom. The first kappa shape index (κ1) is 17.3. The van der Waals surface area contributed by atoms with Gasteiger partial charge in [0.1, 0.15) is 12.4 Å². The first-order valence-electron chi connectivity index (χ1n) is 8.84. The Kier molecular flexibility index (Phi) is 4.86. The molecule has 0 aliphatic carbocycles. The summed E-state index contributed by atoms with van der Waals surface area (Å²) in [6.45, 7) is 2.02. The van der Waals surface area contributed by atoms with E-state index in [4.69, 9.17) is 9.78 Å². The highest BCUT2D eigenvalue weighted by Crippen LogP contribution is 2.28. The largest absolute Gasteiger partial charge is 0.337 e. The molecule has 0 N–H and O–H groups in total. The van der Waals surface area contributed by atoms with Crippen molar-refractivity contribution < 1.29 is 14.2 Å². The molecule has 27 heavy (non-hydrogen) atoms. The predicted molar refractivity (Wildman–Crippen MR) is 106 cm³/mol. The van der Waals surface area contributed by atoms with Crippen LogP contribution in [0, 0.1) is 12.7 Å². The molecule has 0 saturated heterocycles. The van der Waals surface area contributed by atoms with Crippen LogP contribution in [-0.4, -0.2) is 0 Å². The van der Waals surface area contributed by atoms with Gasteiger partial charge in [0.15, 0.2) is 5.75 Å². The molecule has 4 aromatic carbocycles. The van der Waals surface area contributed by atoms with Crippen molar-refractivity contribution in [2.24, 2.45) is 0 Å². The maximum atomic E-state index is 14.4. The van der Waals surface area contributed by atoms with E-state index in [1.54, 1.807) is 6.07 Å². The quantitative estimate of drug-likeness (QED) is 0.301. The van der Waals surface area contributed by atoms with Gasteiger partial charge in [-0.1, -0.05) is 72.8 Å². The lowest BCUT2D eigenvalue weighted by atomic mass is 10.0. The van der Waals surface area contributed by atoms with Gasteiger partial charge in [-0.15, -0.1) is 0 Å². The predicted octanol–water partition coefficient (Wildman–Crippen LogP) is 6.46. The van der Waals surface area contributed by atoms with Gasteiger partial charge in [0, 0.05) is 11.1 Å². The molecule has 0 saturated carbocycles. The number of hydrogen-bond donors (Lipinski definition) is 0. The van der Waals surface area contributed by atoms with Crippen molar-refractivity contribution in [3.05, 3.63) is 102 Å². The molecule has 0 bridgehead atoms. The van der Waals surface area contributed by atoms with Gasteiger partial charge in [-0.2, -0.15) is 4.89 Å². The summed E-state index contributed by atoms with van der Waals surface area (Å²) in [7, 11) is 0. The second kappa shape index (κ2) is 7.60. The summed E-state index contributed by atoms with van der Waals surface area (Å²) >= 11 is 0. The van der Waals surface area contributed by atoms with Gasteiger partial charge < -0.3 is 4.89 Å². The maximum Gasteiger partial charge on any atom is 0.168 e. The van der Waals surface area contributed by atoms with E-state index in [1.807, 2.05) is 73.7 Å². The fourth-order valence-corrected chi connectivity index (χ4v) is 3.13. The summed E-state index contributed by atoms with van der Waals surface area (Å²) < 4.78 is 14.4. The van der Waals surface area contributed by atoms with Crippen molar-refractivity contribution in [1.82, 2.24) is 0 Å². The topological polar surface area (TPSA) is 18.5 Å². The highest BCUT2D eigenvalue weighted by atomic mass is 19.1. The Labute approximate surface area is 157 Å². The molecule has 0 atom stereocenters. The molecule has 0 amide bonds. The third kappa shape index (κ3) is 3.69. The van der Waals surface area contributed by atoms with E-state index in [9.17, 15) is 4.39 Å². The van der Waals surface area contributed by atoms with Gasteiger partial charge in [-0.05, 0) is 41.0 Å². The van der Waals surface area contributed by atoms with E-state index in [0.29, 0.717) is 11.3 Å². The molecule has 0 aromatic heterocycles. The van der Waals surface area contributed by atoms with Gasteiger partial charge in [0.2, 0.25) is 0 Å². The van der Waals surface area contributed by atoms with Crippen molar-refractivity contribution in [2.75, 3.05) is 0 Å². The molecule has 4 aromatic rings. The molecule has 0 spiro atoms. The normalized spacial score (nSPS) is 10.9. The van der Waals surface area contributed by atoms with Crippen LogP contribution >= 0.6 is 0 Å². The molecule has 0 fully saturated rings. The van der Waals surface area contributed by atoms with Crippen molar-refractivity contribution in [1.29, 1.82) is 0 Å². The molecular formula is C24H19FO2. The molecule has 0 radical (unpaired) electrons. The van der Waals surface area contributed by atoms with E-state index in [1.165, 1.54) is 6.07 Å². The summed E-state index contributed by atoms with van der Waals surface area (Å²) in [6.07, 6.45) is 0. The van der Waals surface area contributed by atoms with Crippen LogP contribution in [0.5, 0.6) is 5.75 Å². The Hall–Kier alpha value is -3.17. The third-order valence-electron chi connectivity index (χ3n) is 4.67. The van der Waals surface area contributed by atoms with E-state index in [-0.39, 0.29) is 12.4 Å². The Morgan fingerprint density at radius 1 is 0.778 bits per heavy atom. The third-order valence-corrected chi connectivity index (χ3v) is 4.67. The van der Waals surface area contributed by atoms with Crippen molar-refractivity contribution in [3.63, 3.8) is 0 Å². The molecule has 4 rings (SSSR count). The molecule has 2 nitrogen and oxygen atoms in total. The average Bonchev–Trinajstić information content (AvgIpc) is 2.71. The second-order valence-electron chi connectivity index (χ2n) is 6.43. The van der Waals surface area contributed by atoms with Crippen LogP contribution in [0.2, 0.25) is 0 Å². The second-order valence-corrected chi connectivity index (χ2v) is 6.43. The lowest BCUT2D eigenvalue weighted by Gasteiger charge is -2.11. The molecule has 134 valence electrons. The first-order valence-corrected chi connectivity index (χ1v) is 8.84. The Bertz CT molecular complexity index is 1070. The van der Waals surface area contributed by atoms with Crippen molar-refractivity contribution >= 4 is 10.8 Å². The molecular weight excluding hydrogens is 339 g/mol. The smallest absolute Gasteiger partial charge is 0.168 e. The highest BCUT2D eigenvalue weighted by Gasteiger charge is 2.08. The van der Waals surface area contributed by atoms with Crippen LogP contribution in [0.25, 0.3) is 21.9 Å². The van der Waals surface area contributed by atoms with Crippen LogP contribution < -0.4 is 4.89 Å². The SMILES string of the molecule is Cc1c(OOCc2ccc(-c3ccccc3)cc2F)ccc2ccccc12. The maximum absolute atomic E-state index is 14.4. The van der Waals surface area contributed by atoms with Crippen LogP contribution in [0.15, 0.2) is 84.9 Å². The summed E-state index contributed by atoms with van der Waals surface area (Å²) in [5, 5.41) is 2.25. The number of halogens is 1. The number of rotatable bonds is 5. The minimum absolute atomic E-state index is 0.0349. The lowest BCUT2D eigenvalue weighted by Crippen LogP contribution is -2.01. The number of hydrogen-bond acceptors (Lipinski definition) is 2. The van der Waals surface area contributed by atoms with Crippen LogP contribution in [0.1, 0.15) is 11.1 Å². The minimum atomic E-state index is -0.310. The fraction of sp³-hybridized carbons (Fsp3) is 0.0833. The van der Waals surface area contributed by atoms with Gasteiger partial charge >= 0.3 is 0 Å². The molecule has 3 heteroatoms. The van der Waals surface area contributed by atoms with Gasteiger partial charge in [-0.25, -0.2) is 4.39 Å². The van der Waals surface area contributed by atoms with Gasteiger partial charge in [-0.3, -0.25) is 0 Å². The zero-order valence-electron chi connectivity index (χ0n) is 15.0. The highest BCUT2D eigenvalue weighted by molar-refractivity contribution is 5.87. The van der Waals surface area contributed by atoms with Gasteiger partial charge in [0.05, 0.1) is 0 Å². The number of aryl methyl sites for hydroxylation is 1.